The molecule has 1 saturated heterocycles. The number of ether oxygens (including phenoxy) is 1. The molecule has 4 heteroatoms. The van der Waals surface area contributed by atoms with Crippen LogP contribution in [0.15, 0.2) is 22.7 Å². The molecule has 0 saturated carbocycles. The van der Waals surface area contributed by atoms with Gasteiger partial charge in [-0.2, -0.15) is 0 Å². The molecule has 1 N–H and O–H groups in total. The van der Waals surface area contributed by atoms with Crippen molar-refractivity contribution in [2.75, 3.05) is 20.3 Å². The fourth-order valence-electron chi connectivity index (χ4n) is 2.45. The second-order valence-corrected chi connectivity index (χ2v) is 5.30. The Labute approximate surface area is 110 Å². The number of hydrogen-bond acceptors (Lipinski definition) is 2. The Kier molecular flexibility index (Phi) is 4.54. The lowest BCUT2D eigenvalue weighted by Gasteiger charge is -2.30. The summed E-state index contributed by atoms with van der Waals surface area (Å²) in [6, 6.07) is 5.18. The highest BCUT2D eigenvalue weighted by atomic mass is 79.9. The van der Waals surface area contributed by atoms with Gasteiger partial charge in [0.25, 0.3) is 0 Å². The van der Waals surface area contributed by atoms with Crippen LogP contribution in [0.1, 0.15) is 24.4 Å². The first-order valence-corrected chi connectivity index (χ1v) is 6.71. The van der Waals surface area contributed by atoms with Gasteiger partial charge in [0.05, 0.1) is 0 Å². The maximum atomic E-state index is 13.9. The predicted molar refractivity (Wildman–Crippen MR) is 69.4 cm³/mol. The van der Waals surface area contributed by atoms with Crippen LogP contribution in [0.25, 0.3) is 0 Å². The molecule has 1 fully saturated rings. The van der Waals surface area contributed by atoms with E-state index in [9.17, 15) is 4.39 Å². The summed E-state index contributed by atoms with van der Waals surface area (Å²) in [6.07, 6.45) is 1.97. The van der Waals surface area contributed by atoms with Crippen LogP contribution in [-0.4, -0.2) is 20.3 Å². The summed E-state index contributed by atoms with van der Waals surface area (Å²) >= 11 is 3.40. The van der Waals surface area contributed by atoms with Gasteiger partial charge in [-0.15, -0.1) is 0 Å². The van der Waals surface area contributed by atoms with Crippen LogP contribution >= 0.6 is 15.9 Å². The van der Waals surface area contributed by atoms with Crippen LogP contribution in [0.5, 0.6) is 0 Å². The molecule has 0 amide bonds. The Morgan fingerprint density at radius 2 is 2.12 bits per heavy atom. The summed E-state index contributed by atoms with van der Waals surface area (Å²) < 4.78 is 20.1. The third-order valence-electron chi connectivity index (χ3n) is 3.34. The van der Waals surface area contributed by atoms with Crippen LogP contribution in [0.3, 0.4) is 0 Å². The zero-order valence-corrected chi connectivity index (χ0v) is 11.5. The third-order valence-corrected chi connectivity index (χ3v) is 3.83. The molecule has 0 radical (unpaired) electrons. The molecule has 1 aliphatic rings. The monoisotopic (exact) mass is 301 g/mol. The van der Waals surface area contributed by atoms with Crippen LogP contribution in [0.4, 0.5) is 4.39 Å². The van der Waals surface area contributed by atoms with E-state index < -0.39 is 0 Å². The summed E-state index contributed by atoms with van der Waals surface area (Å²) in [5, 5.41) is 3.24. The van der Waals surface area contributed by atoms with E-state index in [0.717, 1.165) is 36.1 Å². The highest BCUT2D eigenvalue weighted by Crippen LogP contribution is 2.32. The van der Waals surface area contributed by atoms with Crippen molar-refractivity contribution in [1.82, 2.24) is 5.32 Å². The fourth-order valence-corrected chi connectivity index (χ4v) is 2.83. The van der Waals surface area contributed by atoms with Crippen molar-refractivity contribution >= 4 is 15.9 Å². The van der Waals surface area contributed by atoms with Gasteiger partial charge in [0, 0.05) is 29.3 Å². The molecule has 1 atom stereocenters. The van der Waals surface area contributed by atoms with Gasteiger partial charge in [0.2, 0.25) is 0 Å². The molecule has 1 heterocycles. The smallest absolute Gasteiger partial charge is 0.128 e. The quantitative estimate of drug-likeness (QED) is 0.925. The van der Waals surface area contributed by atoms with E-state index in [1.54, 1.807) is 6.07 Å². The minimum Gasteiger partial charge on any atom is -0.381 e. The SMILES string of the molecule is CNC(c1cc(Br)ccc1F)C1CCOCC1. The predicted octanol–water partition coefficient (Wildman–Crippen LogP) is 3.28. The Morgan fingerprint density at radius 3 is 2.76 bits per heavy atom. The zero-order chi connectivity index (χ0) is 12.3. The number of nitrogens with one attached hydrogen (secondary N) is 1. The van der Waals surface area contributed by atoms with Crippen LogP contribution in [-0.2, 0) is 4.74 Å². The largest absolute Gasteiger partial charge is 0.381 e. The molecule has 0 aromatic heterocycles. The minimum atomic E-state index is -0.140. The van der Waals surface area contributed by atoms with Crippen molar-refractivity contribution in [3.63, 3.8) is 0 Å². The number of benzene rings is 1. The van der Waals surface area contributed by atoms with Gasteiger partial charge in [-0.1, -0.05) is 15.9 Å². The van der Waals surface area contributed by atoms with Gasteiger partial charge in [-0.3, -0.25) is 0 Å². The van der Waals surface area contributed by atoms with Gasteiger partial charge >= 0.3 is 0 Å². The standard InChI is InChI=1S/C13H17BrFNO/c1-16-13(9-4-6-17-7-5-9)11-8-10(14)2-3-12(11)15/h2-3,8-9,13,16H,4-7H2,1H3. The second-order valence-electron chi connectivity index (χ2n) is 4.38. The molecule has 1 aromatic carbocycles. The van der Waals surface area contributed by atoms with E-state index in [1.807, 2.05) is 13.1 Å². The van der Waals surface area contributed by atoms with Crippen molar-refractivity contribution in [2.45, 2.75) is 18.9 Å². The zero-order valence-electron chi connectivity index (χ0n) is 9.88. The molecule has 1 unspecified atom stereocenters. The first-order valence-electron chi connectivity index (χ1n) is 5.92. The highest BCUT2D eigenvalue weighted by Gasteiger charge is 2.26. The van der Waals surface area contributed by atoms with Crippen molar-refractivity contribution < 1.29 is 9.13 Å². The normalized spacial score (nSPS) is 19.2. The van der Waals surface area contributed by atoms with Crippen LogP contribution in [0.2, 0.25) is 0 Å². The molecule has 17 heavy (non-hydrogen) atoms. The average Bonchev–Trinajstić information content (AvgIpc) is 2.36. The summed E-state index contributed by atoms with van der Waals surface area (Å²) in [5.74, 6) is 0.302. The van der Waals surface area contributed by atoms with Crippen molar-refractivity contribution in [2.24, 2.45) is 5.92 Å². The van der Waals surface area contributed by atoms with E-state index >= 15 is 0 Å². The third kappa shape index (κ3) is 3.06. The first-order chi connectivity index (χ1) is 8.22. The van der Waals surface area contributed by atoms with Gasteiger partial charge < -0.3 is 10.1 Å². The fraction of sp³-hybridized carbons (Fsp3) is 0.538. The maximum absolute atomic E-state index is 13.9. The molecule has 0 aliphatic carbocycles. The lowest BCUT2D eigenvalue weighted by atomic mass is 9.87. The molecule has 0 spiro atoms. The molecule has 1 aromatic rings. The first kappa shape index (κ1) is 13.0. The Morgan fingerprint density at radius 1 is 1.41 bits per heavy atom. The van der Waals surface area contributed by atoms with Crippen LogP contribution < -0.4 is 5.32 Å². The second kappa shape index (κ2) is 5.94. The Bertz CT molecular complexity index is 380. The average molecular weight is 302 g/mol. The van der Waals surface area contributed by atoms with E-state index in [-0.39, 0.29) is 11.9 Å². The molecular formula is C13H17BrFNO. The van der Waals surface area contributed by atoms with Gasteiger partial charge in [0.1, 0.15) is 5.82 Å². The lowest BCUT2D eigenvalue weighted by molar-refractivity contribution is 0.0541. The number of rotatable bonds is 3. The maximum Gasteiger partial charge on any atom is 0.128 e. The molecule has 1 aliphatic heterocycles. The number of halogens is 2. The minimum absolute atomic E-state index is 0.0661. The van der Waals surface area contributed by atoms with E-state index in [0.29, 0.717) is 5.92 Å². The highest BCUT2D eigenvalue weighted by molar-refractivity contribution is 9.10. The van der Waals surface area contributed by atoms with Crippen LogP contribution in [0, 0.1) is 11.7 Å². The molecule has 2 nitrogen and oxygen atoms in total. The molecule has 94 valence electrons. The Balaban J connectivity index is 2.24. The summed E-state index contributed by atoms with van der Waals surface area (Å²) in [5.41, 5.74) is 0.744. The van der Waals surface area contributed by atoms with E-state index in [2.05, 4.69) is 21.2 Å². The van der Waals surface area contributed by atoms with Crippen molar-refractivity contribution in [3.05, 3.63) is 34.1 Å². The van der Waals surface area contributed by atoms with Crippen molar-refractivity contribution in [3.8, 4) is 0 Å². The number of hydrogen-bond donors (Lipinski definition) is 1. The van der Waals surface area contributed by atoms with Gasteiger partial charge in [-0.25, -0.2) is 4.39 Å². The summed E-state index contributed by atoms with van der Waals surface area (Å²) in [7, 11) is 1.89. The van der Waals surface area contributed by atoms with Gasteiger partial charge in [-0.05, 0) is 44.0 Å². The summed E-state index contributed by atoms with van der Waals surface area (Å²) in [4.78, 5) is 0. The van der Waals surface area contributed by atoms with E-state index in [1.165, 1.54) is 6.07 Å². The van der Waals surface area contributed by atoms with Crippen molar-refractivity contribution in [1.29, 1.82) is 0 Å². The molecular weight excluding hydrogens is 285 g/mol. The summed E-state index contributed by atoms with van der Waals surface area (Å²) in [6.45, 7) is 1.55. The lowest BCUT2D eigenvalue weighted by Crippen LogP contribution is -2.30. The van der Waals surface area contributed by atoms with E-state index in [4.69, 9.17) is 4.74 Å². The molecule has 2 rings (SSSR count). The topological polar surface area (TPSA) is 21.3 Å². The van der Waals surface area contributed by atoms with Gasteiger partial charge in [0.15, 0.2) is 0 Å². The Hall–Kier alpha value is -0.450. The molecule has 0 bridgehead atoms.